The summed E-state index contributed by atoms with van der Waals surface area (Å²) in [5.74, 6) is -0.295. The fourth-order valence-electron chi connectivity index (χ4n) is 2.76. The molecule has 0 radical (unpaired) electrons. The first-order valence-corrected chi connectivity index (χ1v) is 7.95. The number of ether oxygens (including phenoxy) is 2. The third kappa shape index (κ3) is 3.06. The lowest BCUT2D eigenvalue weighted by Crippen LogP contribution is -2.37. The van der Waals surface area contributed by atoms with Crippen LogP contribution in [0.4, 0.5) is 5.82 Å². The Balaban J connectivity index is 2.19. The van der Waals surface area contributed by atoms with Crippen LogP contribution in [0.1, 0.15) is 28.4 Å². The molecule has 1 fully saturated rings. The quantitative estimate of drug-likeness (QED) is 0.770. The molecule has 3 rings (SSSR count). The van der Waals surface area contributed by atoms with Crippen LogP contribution in [-0.2, 0) is 9.47 Å². The highest BCUT2D eigenvalue weighted by molar-refractivity contribution is 5.94. The zero-order chi connectivity index (χ0) is 18.0. The molecule has 1 saturated heterocycles. The molecule has 0 N–H and O–H groups in total. The Hall–Kier alpha value is -2.92. The van der Waals surface area contributed by atoms with Crippen molar-refractivity contribution >= 4 is 22.9 Å². The second kappa shape index (κ2) is 6.91. The van der Waals surface area contributed by atoms with Crippen molar-refractivity contribution in [1.29, 1.82) is 5.26 Å². The van der Waals surface area contributed by atoms with Gasteiger partial charge in [0.1, 0.15) is 11.6 Å². The molecule has 3 heterocycles. The van der Waals surface area contributed by atoms with Gasteiger partial charge in [0.2, 0.25) is 5.71 Å². The molecule has 0 spiro atoms. The first-order valence-electron chi connectivity index (χ1n) is 7.95. The van der Waals surface area contributed by atoms with Gasteiger partial charge in [-0.25, -0.2) is 9.59 Å². The van der Waals surface area contributed by atoms with Crippen molar-refractivity contribution in [2.24, 2.45) is 0 Å². The molecule has 0 aromatic carbocycles. The molecule has 8 heteroatoms. The lowest BCUT2D eigenvalue weighted by molar-refractivity contribution is 0.0521. The van der Waals surface area contributed by atoms with E-state index in [0.717, 1.165) is 0 Å². The van der Waals surface area contributed by atoms with E-state index in [0.29, 0.717) is 48.6 Å². The number of nitriles is 1. The van der Waals surface area contributed by atoms with E-state index in [1.54, 1.807) is 13.8 Å². The Bertz CT molecular complexity index is 922. The Morgan fingerprint density at radius 1 is 1.44 bits per heavy atom. The standard InChI is InChI=1S/C17H17N3O5/c1-3-24-16(21)12-8-11-10(2)13(9-18)14(19-15(11)25-17(12)22)20-4-6-23-7-5-20/h8H,3-7H2,1-2H3. The molecule has 0 saturated carbocycles. The number of aryl methyl sites for hydroxylation is 1. The van der Waals surface area contributed by atoms with Crippen molar-refractivity contribution in [3.63, 3.8) is 0 Å². The number of aromatic nitrogens is 1. The second-order valence-electron chi connectivity index (χ2n) is 5.53. The summed E-state index contributed by atoms with van der Waals surface area (Å²) in [6.07, 6.45) is 0. The zero-order valence-corrected chi connectivity index (χ0v) is 14.0. The van der Waals surface area contributed by atoms with Crippen molar-refractivity contribution in [2.75, 3.05) is 37.8 Å². The Kier molecular flexibility index (Phi) is 4.67. The molecule has 1 aliphatic heterocycles. The fourth-order valence-corrected chi connectivity index (χ4v) is 2.76. The number of esters is 1. The minimum Gasteiger partial charge on any atom is -0.462 e. The van der Waals surface area contributed by atoms with Crippen LogP contribution in [0.5, 0.6) is 0 Å². The first kappa shape index (κ1) is 16.9. The molecule has 8 nitrogen and oxygen atoms in total. The smallest absolute Gasteiger partial charge is 0.352 e. The van der Waals surface area contributed by atoms with Gasteiger partial charge in [0.05, 0.1) is 25.4 Å². The van der Waals surface area contributed by atoms with Crippen LogP contribution in [0.3, 0.4) is 0 Å². The van der Waals surface area contributed by atoms with Gasteiger partial charge in [-0.15, -0.1) is 0 Å². The lowest BCUT2D eigenvalue weighted by Gasteiger charge is -2.28. The average Bonchev–Trinajstić information content (AvgIpc) is 2.62. The SMILES string of the molecule is CCOC(=O)c1cc2c(C)c(C#N)c(N3CCOCC3)nc2oc1=O. The van der Waals surface area contributed by atoms with Gasteiger partial charge >= 0.3 is 11.6 Å². The molecule has 0 atom stereocenters. The molecule has 1 aliphatic rings. The van der Waals surface area contributed by atoms with Crippen LogP contribution >= 0.6 is 0 Å². The van der Waals surface area contributed by atoms with E-state index in [2.05, 4.69) is 11.1 Å². The molecule has 0 bridgehead atoms. The highest BCUT2D eigenvalue weighted by atomic mass is 16.5. The van der Waals surface area contributed by atoms with Gasteiger partial charge in [0.15, 0.2) is 5.82 Å². The highest BCUT2D eigenvalue weighted by Gasteiger charge is 2.23. The predicted octanol–water partition coefficient (Wildman–Crippen LogP) is 1.38. The number of pyridine rings is 1. The second-order valence-corrected chi connectivity index (χ2v) is 5.53. The summed E-state index contributed by atoms with van der Waals surface area (Å²) in [5.41, 5.74) is 0.0649. The number of carbonyl (C=O) groups is 1. The monoisotopic (exact) mass is 343 g/mol. The van der Waals surface area contributed by atoms with E-state index >= 15 is 0 Å². The van der Waals surface area contributed by atoms with E-state index in [-0.39, 0.29) is 17.9 Å². The fraction of sp³-hybridized carbons (Fsp3) is 0.412. The Labute approximate surface area is 143 Å². The Morgan fingerprint density at radius 2 is 2.16 bits per heavy atom. The van der Waals surface area contributed by atoms with Crippen LogP contribution in [0, 0.1) is 18.3 Å². The summed E-state index contributed by atoms with van der Waals surface area (Å²) in [4.78, 5) is 30.3. The molecule has 2 aromatic heterocycles. The summed E-state index contributed by atoms with van der Waals surface area (Å²) in [6, 6.07) is 3.54. The number of hydrogen-bond acceptors (Lipinski definition) is 8. The number of hydrogen-bond donors (Lipinski definition) is 0. The van der Waals surface area contributed by atoms with E-state index < -0.39 is 11.6 Å². The highest BCUT2D eigenvalue weighted by Crippen LogP contribution is 2.28. The topological polar surface area (TPSA) is 106 Å². The number of morpholine rings is 1. The van der Waals surface area contributed by atoms with Crippen LogP contribution < -0.4 is 10.5 Å². The van der Waals surface area contributed by atoms with Gasteiger partial charge in [-0.2, -0.15) is 10.2 Å². The molecular weight excluding hydrogens is 326 g/mol. The minimum absolute atomic E-state index is 0.0936. The van der Waals surface area contributed by atoms with Crippen LogP contribution in [0.2, 0.25) is 0 Å². The average molecular weight is 343 g/mol. The maximum absolute atomic E-state index is 12.1. The molecular formula is C17H17N3O5. The molecule has 0 unspecified atom stereocenters. The van der Waals surface area contributed by atoms with E-state index in [1.165, 1.54) is 6.07 Å². The van der Waals surface area contributed by atoms with Crippen LogP contribution in [-0.4, -0.2) is 43.9 Å². The van der Waals surface area contributed by atoms with Crippen LogP contribution in [0.15, 0.2) is 15.3 Å². The Morgan fingerprint density at radius 3 is 2.80 bits per heavy atom. The normalized spacial score (nSPS) is 14.4. The molecule has 130 valence electrons. The van der Waals surface area contributed by atoms with Gasteiger partial charge in [-0.3, -0.25) is 0 Å². The van der Waals surface area contributed by atoms with E-state index in [4.69, 9.17) is 13.9 Å². The van der Waals surface area contributed by atoms with Gasteiger partial charge in [0.25, 0.3) is 0 Å². The largest absolute Gasteiger partial charge is 0.462 e. The molecule has 0 amide bonds. The van der Waals surface area contributed by atoms with Crippen molar-refractivity contribution < 1.29 is 18.7 Å². The van der Waals surface area contributed by atoms with Gasteiger partial charge in [0, 0.05) is 18.5 Å². The van der Waals surface area contributed by atoms with Crippen molar-refractivity contribution in [3.05, 3.63) is 33.2 Å². The lowest BCUT2D eigenvalue weighted by atomic mass is 10.1. The predicted molar refractivity (Wildman–Crippen MR) is 88.7 cm³/mol. The first-order chi connectivity index (χ1) is 12.1. The number of fused-ring (bicyclic) bond motifs is 1. The zero-order valence-electron chi connectivity index (χ0n) is 14.0. The van der Waals surface area contributed by atoms with E-state index in [1.807, 2.05) is 4.90 Å². The van der Waals surface area contributed by atoms with Gasteiger partial charge in [-0.1, -0.05) is 0 Å². The molecule has 2 aromatic rings. The number of nitrogens with zero attached hydrogens (tertiary/aromatic N) is 3. The number of anilines is 1. The minimum atomic E-state index is -0.810. The van der Waals surface area contributed by atoms with Crippen LogP contribution in [0.25, 0.3) is 11.1 Å². The summed E-state index contributed by atoms with van der Waals surface area (Å²) < 4.78 is 15.4. The maximum Gasteiger partial charge on any atom is 0.352 e. The third-order valence-corrected chi connectivity index (χ3v) is 4.06. The summed E-state index contributed by atoms with van der Waals surface area (Å²) in [7, 11) is 0. The molecule has 25 heavy (non-hydrogen) atoms. The summed E-state index contributed by atoms with van der Waals surface area (Å²) in [5, 5.41) is 10.0. The maximum atomic E-state index is 12.1. The number of rotatable bonds is 3. The summed E-state index contributed by atoms with van der Waals surface area (Å²) in [6.45, 7) is 5.80. The van der Waals surface area contributed by atoms with Gasteiger partial charge < -0.3 is 18.8 Å². The van der Waals surface area contributed by atoms with Crippen molar-refractivity contribution in [2.45, 2.75) is 13.8 Å². The van der Waals surface area contributed by atoms with Gasteiger partial charge in [-0.05, 0) is 25.5 Å². The number of carbonyl (C=O) groups excluding carboxylic acids is 1. The molecule has 0 aliphatic carbocycles. The summed E-state index contributed by atoms with van der Waals surface area (Å²) >= 11 is 0. The van der Waals surface area contributed by atoms with Crippen molar-refractivity contribution in [1.82, 2.24) is 4.98 Å². The third-order valence-electron chi connectivity index (χ3n) is 4.06. The van der Waals surface area contributed by atoms with Crippen molar-refractivity contribution in [3.8, 4) is 6.07 Å². The van der Waals surface area contributed by atoms with E-state index in [9.17, 15) is 14.9 Å².